The maximum Gasteiger partial charge on any atom is 0.490 e. The molecule has 4 rings (SSSR count). The lowest BCUT2D eigenvalue weighted by molar-refractivity contribution is -0.193. The predicted molar refractivity (Wildman–Crippen MR) is 144 cm³/mol. The summed E-state index contributed by atoms with van der Waals surface area (Å²) < 4.78 is 98.2. The number of pyridine rings is 1. The average molecular weight is 658 g/mol. The van der Waals surface area contributed by atoms with Crippen LogP contribution in [0.5, 0.6) is 5.75 Å². The van der Waals surface area contributed by atoms with Crippen LogP contribution in [0.3, 0.4) is 0 Å². The van der Waals surface area contributed by atoms with Crippen molar-refractivity contribution in [1.29, 1.82) is 0 Å². The van der Waals surface area contributed by atoms with Gasteiger partial charge in [0.1, 0.15) is 10.6 Å². The van der Waals surface area contributed by atoms with Crippen LogP contribution in [0.4, 0.5) is 26.3 Å². The number of carbonyl (C=O) groups is 2. The van der Waals surface area contributed by atoms with Crippen molar-refractivity contribution in [1.82, 2.24) is 14.2 Å². The number of fused-ring (bicyclic) bond motifs is 1. The van der Waals surface area contributed by atoms with Gasteiger partial charge in [-0.25, -0.2) is 18.0 Å². The van der Waals surface area contributed by atoms with Crippen LogP contribution in [-0.4, -0.2) is 89.9 Å². The number of para-hydroxylation sites is 1. The minimum absolute atomic E-state index is 0.171. The first kappa shape index (κ1) is 36.8. The maximum atomic E-state index is 13.5. The van der Waals surface area contributed by atoms with Crippen LogP contribution in [0, 0.1) is 11.3 Å². The van der Waals surface area contributed by atoms with E-state index in [0.717, 1.165) is 38.2 Å². The Labute approximate surface area is 250 Å². The van der Waals surface area contributed by atoms with Gasteiger partial charge in [-0.15, -0.1) is 0 Å². The van der Waals surface area contributed by atoms with Gasteiger partial charge in [0.05, 0.1) is 12.3 Å². The number of nitrogens with zero attached hydrogens (tertiary/aromatic N) is 3. The van der Waals surface area contributed by atoms with Gasteiger partial charge in [0.25, 0.3) is 0 Å². The van der Waals surface area contributed by atoms with Gasteiger partial charge >= 0.3 is 24.3 Å². The molecule has 2 aliphatic rings. The molecule has 0 atom stereocenters. The quantitative estimate of drug-likeness (QED) is 0.450. The normalized spacial score (nSPS) is 18.3. The summed E-state index contributed by atoms with van der Waals surface area (Å²) in [5.74, 6) is -4.78. The van der Waals surface area contributed by atoms with Gasteiger partial charge in [0.2, 0.25) is 10.0 Å². The van der Waals surface area contributed by atoms with Crippen LogP contribution < -0.4 is 4.74 Å². The molecular formula is C27H33F6N3O7S. The van der Waals surface area contributed by atoms with Gasteiger partial charge in [-0.05, 0) is 56.1 Å². The molecule has 17 heteroatoms. The maximum absolute atomic E-state index is 13.5. The van der Waals surface area contributed by atoms with Crippen LogP contribution in [0.25, 0.3) is 0 Å². The van der Waals surface area contributed by atoms with Crippen molar-refractivity contribution < 1.29 is 59.3 Å². The molecule has 2 aromatic rings. The summed E-state index contributed by atoms with van der Waals surface area (Å²) in [4.78, 5) is 24.9. The third-order valence-corrected chi connectivity index (χ3v) is 8.45. The van der Waals surface area contributed by atoms with E-state index in [1.165, 1.54) is 0 Å². The highest BCUT2D eigenvalue weighted by Gasteiger charge is 2.43. The molecule has 1 aromatic carbocycles. The Morgan fingerprint density at radius 2 is 1.48 bits per heavy atom. The number of hydrogen-bond donors (Lipinski definition) is 2. The number of hydrogen-bond acceptors (Lipinski definition) is 7. The third-order valence-electron chi connectivity index (χ3n) is 6.59. The van der Waals surface area contributed by atoms with Gasteiger partial charge in [0.15, 0.2) is 0 Å². The standard InChI is InChI=1S/C23H31N3O3S.2C2HF3O2/c1-19(2)15-26-17-23(18-29-21-8-3-4-9-22(21)30(26,27)28)10-13-25(14-11-23)16-20-7-5-6-12-24-20;2*3-2(4,5)1(6)7/h3-9,12,19H,10-11,13-18H2,1-2H3;2*(H,6,7). The van der Waals surface area contributed by atoms with E-state index < -0.39 is 34.3 Å². The largest absolute Gasteiger partial charge is 0.492 e. The van der Waals surface area contributed by atoms with Gasteiger partial charge in [-0.3, -0.25) is 9.88 Å². The van der Waals surface area contributed by atoms with Crippen LogP contribution in [0.2, 0.25) is 0 Å². The Bertz CT molecular complexity index is 1320. The second kappa shape index (κ2) is 15.0. The molecule has 2 N–H and O–H groups in total. The molecule has 3 heterocycles. The van der Waals surface area contributed by atoms with Crippen molar-refractivity contribution >= 4 is 22.0 Å². The number of alkyl halides is 6. The lowest BCUT2D eigenvalue weighted by Crippen LogP contribution is -2.52. The number of sulfonamides is 1. The van der Waals surface area contributed by atoms with Crippen LogP contribution in [0.1, 0.15) is 32.4 Å². The smallest absolute Gasteiger partial charge is 0.490 e. The van der Waals surface area contributed by atoms with Gasteiger partial charge in [0, 0.05) is 31.2 Å². The molecule has 0 amide bonds. The molecule has 1 fully saturated rings. The zero-order chi connectivity index (χ0) is 33.3. The molecule has 0 radical (unpaired) electrons. The molecule has 1 spiro atoms. The summed E-state index contributed by atoms with van der Waals surface area (Å²) in [5, 5.41) is 14.2. The molecule has 44 heavy (non-hydrogen) atoms. The Balaban J connectivity index is 0.000000402. The Hall–Kier alpha value is -3.44. The number of benzene rings is 1. The highest BCUT2D eigenvalue weighted by atomic mass is 32.2. The van der Waals surface area contributed by atoms with Crippen LogP contribution >= 0.6 is 0 Å². The van der Waals surface area contributed by atoms with Crippen molar-refractivity contribution in [3.05, 3.63) is 54.4 Å². The molecule has 10 nitrogen and oxygen atoms in total. The molecule has 2 aliphatic heterocycles. The van der Waals surface area contributed by atoms with E-state index in [0.29, 0.717) is 25.4 Å². The lowest BCUT2D eigenvalue weighted by Gasteiger charge is -2.45. The fourth-order valence-electron chi connectivity index (χ4n) is 4.44. The zero-order valence-electron chi connectivity index (χ0n) is 23.8. The number of carboxylic acids is 2. The monoisotopic (exact) mass is 657 g/mol. The summed E-state index contributed by atoms with van der Waals surface area (Å²) in [6.07, 6.45) is -6.52. The molecule has 246 valence electrons. The zero-order valence-corrected chi connectivity index (χ0v) is 24.6. The van der Waals surface area contributed by atoms with E-state index in [-0.39, 0.29) is 16.2 Å². The number of aromatic nitrogens is 1. The van der Waals surface area contributed by atoms with Crippen molar-refractivity contribution in [2.45, 2.75) is 50.5 Å². The first-order valence-corrected chi connectivity index (χ1v) is 14.7. The Kier molecular flexibility index (Phi) is 12.6. The van der Waals surface area contributed by atoms with E-state index in [1.807, 2.05) is 24.4 Å². The van der Waals surface area contributed by atoms with E-state index in [2.05, 4.69) is 29.8 Å². The second-order valence-electron chi connectivity index (χ2n) is 10.6. The van der Waals surface area contributed by atoms with Gasteiger partial charge < -0.3 is 14.9 Å². The van der Waals surface area contributed by atoms with E-state index >= 15 is 0 Å². The Morgan fingerprint density at radius 1 is 0.955 bits per heavy atom. The molecule has 1 saturated heterocycles. The van der Waals surface area contributed by atoms with Crippen LogP contribution in [-0.2, 0) is 26.2 Å². The topological polar surface area (TPSA) is 137 Å². The van der Waals surface area contributed by atoms with Gasteiger partial charge in [-0.2, -0.15) is 30.6 Å². The minimum atomic E-state index is -5.08. The molecule has 0 aliphatic carbocycles. The second-order valence-corrected chi connectivity index (χ2v) is 12.5. The van der Waals surface area contributed by atoms with E-state index in [4.69, 9.17) is 24.5 Å². The third kappa shape index (κ3) is 10.9. The first-order valence-electron chi connectivity index (χ1n) is 13.2. The number of aliphatic carboxylic acids is 2. The number of carboxylic acid groups (broad SMARTS) is 2. The van der Waals surface area contributed by atoms with E-state index in [1.54, 1.807) is 22.5 Å². The number of piperidine rings is 1. The number of rotatable bonds is 4. The minimum Gasteiger partial charge on any atom is -0.492 e. The fourth-order valence-corrected chi connectivity index (χ4v) is 6.28. The number of halogens is 6. The summed E-state index contributed by atoms with van der Waals surface area (Å²) in [7, 11) is -3.59. The van der Waals surface area contributed by atoms with Crippen molar-refractivity contribution in [3.63, 3.8) is 0 Å². The van der Waals surface area contributed by atoms with E-state index in [9.17, 15) is 34.8 Å². The summed E-state index contributed by atoms with van der Waals surface area (Å²) in [6, 6.07) is 13.0. The highest BCUT2D eigenvalue weighted by Crippen LogP contribution is 2.39. The highest BCUT2D eigenvalue weighted by molar-refractivity contribution is 7.89. The van der Waals surface area contributed by atoms with Crippen molar-refractivity contribution in [2.75, 3.05) is 32.8 Å². The van der Waals surface area contributed by atoms with Gasteiger partial charge in [-0.1, -0.05) is 32.0 Å². The summed E-state index contributed by atoms with van der Waals surface area (Å²) in [6.45, 7) is 8.38. The molecule has 0 saturated carbocycles. The van der Waals surface area contributed by atoms with Crippen LogP contribution in [0.15, 0.2) is 53.6 Å². The average Bonchev–Trinajstić information content (AvgIpc) is 2.92. The predicted octanol–water partition coefficient (Wildman–Crippen LogP) is 4.67. The number of ether oxygens (including phenoxy) is 1. The lowest BCUT2D eigenvalue weighted by atomic mass is 9.78. The van der Waals surface area contributed by atoms with Crippen molar-refractivity contribution in [2.24, 2.45) is 11.3 Å². The van der Waals surface area contributed by atoms with Crippen molar-refractivity contribution in [3.8, 4) is 5.75 Å². The fraction of sp³-hybridized carbons (Fsp3) is 0.519. The molecule has 1 aromatic heterocycles. The molecular weight excluding hydrogens is 624 g/mol. The Morgan fingerprint density at radius 3 is 1.95 bits per heavy atom. The molecule has 0 bridgehead atoms. The summed E-state index contributed by atoms with van der Waals surface area (Å²) >= 11 is 0. The first-order chi connectivity index (χ1) is 20.3. The summed E-state index contributed by atoms with van der Waals surface area (Å²) in [5.41, 5.74) is 0.899. The molecule has 0 unspecified atom stereocenters. The SMILES string of the molecule is CC(C)CN1CC2(CCN(Cc3ccccn3)CC2)COc2ccccc2S1(=O)=O.O=C(O)C(F)(F)F.O=C(O)C(F)(F)F. The number of likely N-dealkylation sites (tertiary alicyclic amines) is 1.